The van der Waals surface area contributed by atoms with Crippen molar-refractivity contribution in [2.45, 2.75) is 19.3 Å². The summed E-state index contributed by atoms with van der Waals surface area (Å²) >= 11 is 0. The summed E-state index contributed by atoms with van der Waals surface area (Å²) in [7, 11) is 0. The maximum atomic E-state index is 12.6. The summed E-state index contributed by atoms with van der Waals surface area (Å²) < 4.78 is 10.5. The highest BCUT2D eigenvalue weighted by Crippen LogP contribution is 2.38. The van der Waals surface area contributed by atoms with Crippen LogP contribution >= 0.6 is 0 Å². The summed E-state index contributed by atoms with van der Waals surface area (Å²) in [4.78, 5) is 25.2. The molecule has 0 radical (unpaired) electrons. The highest BCUT2D eigenvalue weighted by molar-refractivity contribution is 5.92. The first kappa shape index (κ1) is 19.0. The highest BCUT2D eigenvalue weighted by Gasteiger charge is 2.24. The lowest BCUT2D eigenvalue weighted by Crippen LogP contribution is -2.37. The molecule has 0 unspecified atom stereocenters. The molecule has 0 bridgehead atoms. The molecular weight excluding hydrogens is 372 g/mol. The molecule has 4 rings (SSSR count). The number of carbonyl (C=O) groups excluding carboxylic acids is 1. The topological polar surface area (TPSA) is 81.9 Å². The molecule has 29 heavy (non-hydrogen) atoms. The fourth-order valence-electron chi connectivity index (χ4n) is 3.81. The zero-order valence-corrected chi connectivity index (χ0v) is 16.0. The Morgan fingerprint density at radius 2 is 1.83 bits per heavy atom. The van der Waals surface area contributed by atoms with Gasteiger partial charge in [-0.3, -0.25) is 14.9 Å². The molecule has 0 aliphatic carbocycles. The number of nitro groups is 1. The Morgan fingerprint density at radius 3 is 2.52 bits per heavy atom. The fraction of sp³-hybridized carbons (Fsp3) is 0.318. The van der Waals surface area contributed by atoms with Crippen LogP contribution in [0.2, 0.25) is 0 Å². The van der Waals surface area contributed by atoms with E-state index in [9.17, 15) is 14.9 Å². The second kappa shape index (κ2) is 8.34. The predicted molar refractivity (Wildman–Crippen MR) is 108 cm³/mol. The third kappa shape index (κ3) is 4.39. The number of fused-ring (bicyclic) bond motifs is 1. The summed E-state index contributed by atoms with van der Waals surface area (Å²) in [5.41, 5.74) is 1.54. The summed E-state index contributed by atoms with van der Waals surface area (Å²) in [6.45, 7) is 1.43. The van der Waals surface area contributed by atoms with Gasteiger partial charge in [0.05, 0.1) is 16.6 Å². The van der Waals surface area contributed by atoms with Crippen molar-refractivity contribution in [1.82, 2.24) is 4.90 Å². The molecule has 0 spiro atoms. The molecule has 0 N–H and O–H groups in total. The Balaban J connectivity index is 1.38. The van der Waals surface area contributed by atoms with Gasteiger partial charge in [0.25, 0.3) is 5.69 Å². The molecule has 7 nitrogen and oxygen atoms in total. The summed E-state index contributed by atoms with van der Waals surface area (Å²) in [6.07, 6.45) is 5.83. The van der Waals surface area contributed by atoms with Crippen LogP contribution in [0.4, 0.5) is 5.69 Å². The lowest BCUT2D eigenvalue weighted by atomic mass is 9.90. The SMILES string of the molecule is O=C(/C=C/c1cc2c(cc1[N+](=O)[O-])OCO2)N1CCC(Cc2ccccc2)CC1. The van der Waals surface area contributed by atoms with Gasteiger partial charge >= 0.3 is 0 Å². The Bertz CT molecular complexity index is 934. The highest BCUT2D eigenvalue weighted by atomic mass is 16.7. The third-order valence-electron chi connectivity index (χ3n) is 5.42. The molecule has 0 saturated carbocycles. The number of nitro benzene ring substituents is 1. The molecule has 150 valence electrons. The van der Waals surface area contributed by atoms with E-state index in [1.807, 2.05) is 18.2 Å². The number of nitrogens with zero attached hydrogens (tertiary/aromatic N) is 2. The number of carbonyl (C=O) groups is 1. The van der Waals surface area contributed by atoms with Crippen LogP contribution in [0.1, 0.15) is 24.0 Å². The number of piperidine rings is 1. The van der Waals surface area contributed by atoms with E-state index in [-0.39, 0.29) is 18.4 Å². The minimum Gasteiger partial charge on any atom is -0.454 e. The van der Waals surface area contributed by atoms with E-state index in [4.69, 9.17) is 9.47 Å². The van der Waals surface area contributed by atoms with E-state index >= 15 is 0 Å². The van der Waals surface area contributed by atoms with E-state index in [0.717, 1.165) is 19.3 Å². The maximum Gasteiger partial charge on any atom is 0.280 e. The molecule has 1 fully saturated rings. The summed E-state index contributed by atoms with van der Waals surface area (Å²) in [5.74, 6) is 1.24. The van der Waals surface area contributed by atoms with Crippen molar-refractivity contribution in [3.8, 4) is 11.5 Å². The molecule has 2 aromatic carbocycles. The Morgan fingerprint density at radius 1 is 1.14 bits per heavy atom. The molecule has 2 aliphatic rings. The van der Waals surface area contributed by atoms with Crippen LogP contribution in [-0.2, 0) is 11.2 Å². The number of hydrogen-bond acceptors (Lipinski definition) is 5. The van der Waals surface area contributed by atoms with Gasteiger partial charge in [-0.2, -0.15) is 0 Å². The van der Waals surface area contributed by atoms with Gasteiger partial charge in [0.15, 0.2) is 11.5 Å². The molecule has 2 aliphatic heterocycles. The minimum absolute atomic E-state index is 0.0382. The van der Waals surface area contributed by atoms with Crippen molar-refractivity contribution in [3.63, 3.8) is 0 Å². The maximum absolute atomic E-state index is 12.6. The number of hydrogen-bond donors (Lipinski definition) is 0. The van der Waals surface area contributed by atoms with Gasteiger partial charge in [-0.1, -0.05) is 30.3 Å². The number of benzene rings is 2. The van der Waals surface area contributed by atoms with E-state index in [1.54, 1.807) is 4.90 Å². The molecule has 0 aromatic heterocycles. The van der Waals surface area contributed by atoms with Crippen LogP contribution in [0.5, 0.6) is 11.5 Å². The van der Waals surface area contributed by atoms with E-state index in [2.05, 4.69) is 12.1 Å². The van der Waals surface area contributed by atoms with Crippen molar-refractivity contribution in [1.29, 1.82) is 0 Å². The monoisotopic (exact) mass is 394 g/mol. The molecule has 7 heteroatoms. The van der Waals surface area contributed by atoms with Crippen LogP contribution in [0.25, 0.3) is 6.08 Å². The quantitative estimate of drug-likeness (QED) is 0.437. The van der Waals surface area contributed by atoms with Gasteiger partial charge in [-0.25, -0.2) is 0 Å². The van der Waals surface area contributed by atoms with Crippen molar-refractivity contribution in [2.75, 3.05) is 19.9 Å². The predicted octanol–water partition coefficient (Wildman–Crippen LogP) is 3.82. The molecule has 0 atom stereocenters. The normalized spacial score (nSPS) is 16.3. The van der Waals surface area contributed by atoms with Gasteiger partial charge in [-0.05, 0) is 42.9 Å². The van der Waals surface area contributed by atoms with E-state index < -0.39 is 4.92 Å². The second-order valence-electron chi connectivity index (χ2n) is 7.31. The second-order valence-corrected chi connectivity index (χ2v) is 7.31. The molecule has 1 saturated heterocycles. The van der Waals surface area contributed by atoms with Crippen molar-refractivity contribution in [2.24, 2.45) is 5.92 Å². The zero-order valence-electron chi connectivity index (χ0n) is 16.0. The lowest BCUT2D eigenvalue weighted by molar-refractivity contribution is -0.385. The van der Waals surface area contributed by atoms with Crippen molar-refractivity contribution < 1.29 is 19.2 Å². The number of ether oxygens (including phenoxy) is 2. The fourth-order valence-corrected chi connectivity index (χ4v) is 3.81. The molecule has 2 aromatic rings. The van der Waals surface area contributed by atoms with Crippen LogP contribution in [0, 0.1) is 16.0 Å². The van der Waals surface area contributed by atoms with Crippen LogP contribution < -0.4 is 9.47 Å². The standard InChI is InChI=1S/C22H22N2O5/c25-22(23-10-8-17(9-11-23)12-16-4-2-1-3-5-16)7-6-18-13-20-21(29-15-28-20)14-19(18)24(26)27/h1-7,13-14,17H,8-12,15H2/b7-6+. The lowest BCUT2D eigenvalue weighted by Gasteiger charge is -2.31. The molecular formula is C22H22N2O5. The zero-order chi connectivity index (χ0) is 20.2. The van der Waals surface area contributed by atoms with Gasteiger partial charge in [0, 0.05) is 19.2 Å². The van der Waals surface area contributed by atoms with Crippen molar-refractivity contribution >= 4 is 17.7 Å². The van der Waals surface area contributed by atoms with Gasteiger partial charge in [-0.15, -0.1) is 0 Å². The van der Waals surface area contributed by atoms with Gasteiger partial charge < -0.3 is 14.4 Å². The summed E-state index contributed by atoms with van der Waals surface area (Å²) in [6, 6.07) is 13.3. The van der Waals surface area contributed by atoms with Crippen LogP contribution in [0.3, 0.4) is 0 Å². The third-order valence-corrected chi connectivity index (χ3v) is 5.42. The minimum atomic E-state index is -0.485. The number of likely N-dealkylation sites (tertiary alicyclic amines) is 1. The number of rotatable bonds is 5. The van der Waals surface area contributed by atoms with Crippen LogP contribution in [-0.4, -0.2) is 35.6 Å². The summed E-state index contributed by atoms with van der Waals surface area (Å²) in [5, 5.41) is 11.3. The smallest absolute Gasteiger partial charge is 0.280 e. The van der Waals surface area contributed by atoms with E-state index in [1.165, 1.54) is 29.8 Å². The van der Waals surface area contributed by atoms with Gasteiger partial charge in [0.2, 0.25) is 12.7 Å². The largest absolute Gasteiger partial charge is 0.454 e. The average molecular weight is 394 g/mol. The van der Waals surface area contributed by atoms with Crippen molar-refractivity contribution in [3.05, 3.63) is 69.8 Å². The Kier molecular flexibility index (Phi) is 5.46. The molecule has 2 heterocycles. The first-order valence-corrected chi connectivity index (χ1v) is 9.69. The van der Waals surface area contributed by atoms with E-state index in [0.29, 0.717) is 36.1 Å². The van der Waals surface area contributed by atoms with Crippen LogP contribution in [0.15, 0.2) is 48.5 Å². The van der Waals surface area contributed by atoms with Gasteiger partial charge in [0.1, 0.15) is 0 Å². The Hall–Kier alpha value is -3.35. The first-order valence-electron chi connectivity index (χ1n) is 9.69. The number of amides is 1. The average Bonchev–Trinajstić information content (AvgIpc) is 3.20. The first-order chi connectivity index (χ1) is 14.1. The Labute approximate surface area is 168 Å². The molecule has 1 amide bonds.